The topological polar surface area (TPSA) is 49.3 Å². The van der Waals surface area contributed by atoms with Crippen LogP contribution in [-0.2, 0) is 0 Å². The summed E-state index contributed by atoms with van der Waals surface area (Å²) in [5.74, 6) is -0.185. The lowest BCUT2D eigenvalue weighted by molar-refractivity contribution is 0.102. The third-order valence-electron chi connectivity index (χ3n) is 2.98. The van der Waals surface area contributed by atoms with Gasteiger partial charge in [-0.15, -0.1) is 0 Å². The molecule has 2 rings (SSSR count). The number of anilines is 1. The molecular formula is C15H13Cl2NO2. The summed E-state index contributed by atoms with van der Waals surface area (Å²) in [6.07, 6.45) is 0. The maximum Gasteiger partial charge on any atom is 0.255 e. The lowest BCUT2D eigenvalue weighted by Crippen LogP contribution is -2.13. The molecule has 2 aromatic carbocycles. The van der Waals surface area contributed by atoms with Gasteiger partial charge >= 0.3 is 0 Å². The highest BCUT2D eigenvalue weighted by Gasteiger charge is 2.13. The standard InChI is InChI=1S/C15H13Cl2NO2/c1-8-3-5-11(16)14(13(8)17)18-15(20)10-4-6-12(19)9(2)7-10/h3-7,19H,1-2H3,(H,18,20). The zero-order chi connectivity index (χ0) is 14.9. The number of carbonyl (C=O) groups excluding carboxylic acids is 1. The molecule has 2 aromatic rings. The number of aromatic hydroxyl groups is 1. The van der Waals surface area contributed by atoms with Crippen LogP contribution in [0.2, 0.25) is 10.0 Å². The molecular weight excluding hydrogens is 297 g/mol. The summed E-state index contributed by atoms with van der Waals surface area (Å²) >= 11 is 12.2. The average Bonchev–Trinajstić information content (AvgIpc) is 2.42. The normalized spacial score (nSPS) is 10.4. The van der Waals surface area contributed by atoms with Gasteiger partial charge in [-0.05, 0) is 49.2 Å². The molecule has 0 aliphatic rings. The Morgan fingerprint density at radius 1 is 1.10 bits per heavy atom. The second kappa shape index (κ2) is 5.73. The van der Waals surface area contributed by atoms with Crippen LogP contribution in [0.15, 0.2) is 30.3 Å². The van der Waals surface area contributed by atoms with E-state index in [-0.39, 0.29) is 11.7 Å². The smallest absolute Gasteiger partial charge is 0.255 e. The number of hydrogen-bond acceptors (Lipinski definition) is 2. The van der Waals surface area contributed by atoms with E-state index in [1.807, 2.05) is 6.92 Å². The monoisotopic (exact) mass is 309 g/mol. The molecule has 5 heteroatoms. The lowest BCUT2D eigenvalue weighted by atomic mass is 10.1. The van der Waals surface area contributed by atoms with E-state index in [4.69, 9.17) is 23.2 Å². The van der Waals surface area contributed by atoms with Crippen molar-refractivity contribution >= 4 is 34.8 Å². The second-order valence-electron chi connectivity index (χ2n) is 4.51. The van der Waals surface area contributed by atoms with E-state index < -0.39 is 0 Å². The maximum absolute atomic E-state index is 12.2. The second-order valence-corrected chi connectivity index (χ2v) is 5.29. The fourth-order valence-electron chi connectivity index (χ4n) is 1.75. The van der Waals surface area contributed by atoms with Crippen molar-refractivity contribution in [1.29, 1.82) is 0 Å². The fraction of sp³-hybridized carbons (Fsp3) is 0.133. The molecule has 1 amide bonds. The molecule has 0 bridgehead atoms. The number of phenolic OH excluding ortho intramolecular Hbond substituents is 1. The minimum Gasteiger partial charge on any atom is -0.508 e. The number of phenols is 1. The fourth-order valence-corrected chi connectivity index (χ4v) is 2.22. The Bertz CT molecular complexity index is 684. The average molecular weight is 310 g/mol. The van der Waals surface area contributed by atoms with Crippen molar-refractivity contribution in [1.82, 2.24) is 0 Å². The van der Waals surface area contributed by atoms with Crippen LogP contribution < -0.4 is 5.32 Å². The predicted octanol–water partition coefficient (Wildman–Crippen LogP) is 4.57. The quantitative estimate of drug-likeness (QED) is 0.853. The largest absolute Gasteiger partial charge is 0.508 e. The molecule has 104 valence electrons. The Labute approximate surface area is 127 Å². The molecule has 0 aliphatic carbocycles. The molecule has 0 aliphatic heterocycles. The van der Waals surface area contributed by atoms with Gasteiger partial charge in [0.15, 0.2) is 0 Å². The summed E-state index contributed by atoms with van der Waals surface area (Å²) < 4.78 is 0. The van der Waals surface area contributed by atoms with Crippen LogP contribution in [0.5, 0.6) is 5.75 Å². The van der Waals surface area contributed by atoms with Gasteiger partial charge in [0.1, 0.15) is 5.75 Å². The molecule has 0 aromatic heterocycles. The van der Waals surface area contributed by atoms with Crippen LogP contribution in [-0.4, -0.2) is 11.0 Å². The Morgan fingerprint density at radius 3 is 2.45 bits per heavy atom. The first-order valence-electron chi connectivity index (χ1n) is 5.95. The van der Waals surface area contributed by atoms with E-state index in [0.29, 0.717) is 26.9 Å². The molecule has 0 unspecified atom stereocenters. The number of rotatable bonds is 2. The third-order valence-corrected chi connectivity index (χ3v) is 3.78. The third kappa shape index (κ3) is 2.89. The lowest BCUT2D eigenvalue weighted by Gasteiger charge is -2.11. The Morgan fingerprint density at radius 2 is 1.80 bits per heavy atom. The highest BCUT2D eigenvalue weighted by atomic mass is 35.5. The minimum atomic E-state index is -0.331. The molecule has 3 nitrogen and oxygen atoms in total. The van der Waals surface area contributed by atoms with Gasteiger partial charge < -0.3 is 10.4 Å². The summed E-state index contributed by atoms with van der Waals surface area (Å²) in [5.41, 5.74) is 2.27. The highest BCUT2D eigenvalue weighted by Crippen LogP contribution is 2.33. The van der Waals surface area contributed by atoms with Crippen molar-refractivity contribution in [2.45, 2.75) is 13.8 Å². The van der Waals surface area contributed by atoms with Crippen LogP contribution in [0.1, 0.15) is 21.5 Å². The van der Waals surface area contributed by atoms with Crippen molar-refractivity contribution in [3.63, 3.8) is 0 Å². The summed E-state index contributed by atoms with van der Waals surface area (Å²) in [6.45, 7) is 3.55. The number of nitrogens with one attached hydrogen (secondary N) is 1. The number of halogens is 2. The minimum absolute atomic E-state index is 0.146. The van der Waals surface area contributed by atoms with E-state index in [9.17, 15) is 9.90 Å². The molecule has 0 saturated heterocycles. The van der Waals surface area contributed by atoms with Gasteiger partial charge in [0.25, 0.3) is 5.91 Å². The number of aryl methyl sites for hydroxylation is 2. The summed E-state index contributed by atoms with van der Waals surface area (Å²) in [7, 11) is 0. The summed E-state index contributed by atoms with van der Waals surface area (Å²) in [4.78, 5) is 12.2. The van der Waals surface area contributed by atoms with Crippen molar-refractivity contribution < 1.29 is 9.90 Å². The van der Waals surface area contributed by atoms with Crippen molar-refractivity contribution in [3.05, 3.63) is 57.1 Å². The van der Waals surface area contributed by atoms with Crippen molar-refractivity contribution in [2.75, 3.05) is 5.32 Å². The van der Waals surface area contributed by atoms with E-state index in [1.54, 1.807) is 25.1 Å². The van der Waals surface area contributed by atoms with E-state index in [2.05, 4.69) is 5.32 Å². The van der Waals surface area contributed by atoms with Gasteiger partial charge in [0, 0.05) is 5.56 Å². The zero-order valence-corrected chi connectivity index (χ0v) is 12.5. The van der Waals surface area contributed by atoms with Crippen molar-refractivity contribution in [2.24, 2.45) is 0 Å². The Balaban J connectivity index is 2.32. The molecule has 0 saturated carbocycles. The van der Waals surface area contributed by atoms with Crippen LogP contribution in [0.3, 0.4) is 0 Å². The SMILES string of the molecule is Cc1cc(C(=O)Nc2c(Cl)ccc(C)c2Cl)ccc1O. The molecule has 20 heavy (non-hydrogen) atoms. The molecule has 0 atom stereocenters. The van der Waals surface area contributed by atoms with E-state index >= 15 is 0 Å². The van der Waals surface area contributed by atoms with E-state index in [0.717, 1.165) is 5.56 Å². The van der Waals surface area contributed by atoms with Crippen molar-refractivity contribution in [3.8, 4) is 5.75 Å². The first-order valence-corrected chi connectivity index (χ1v) is 6.71. The summed E-state index contributed by atoms with van der Waals surface area (Å²) in [5, 5.41) is 13.0. The van der Waals surface area contributed by atoms with Crippen LogP contribution in [0.4, 0.5) is 5.69 Å². The van der Waals surface area contributed by atoms with Gasteiger partial charge in [0.2, 0.25) is 0 Å². The van der Waals surface area contributed by atoms with Crippen LogP contribution in [0, 0.1) is 13.8 Å². The number of carbonyl (C=O) groups is 1. The highest BCUT2D eigenvalue weighted by molar-refractivity contribution is 6.40. The number of hydrogen-bond donors (Lipinski definition) is 2. The Hall–Kier alpha value is -1.71. The van der Waals surface area contributed by atoms with Gasteiger partial charge in [-0.3, -0.25) is 4.79 Å². The maximum atomic E-state index is 12.2. The molecule has 0 radical (unpaired) electrons. The van der Waals surface area contributed by atoms with E-state index in [1.165, 1.54) is 12.1 Å². The predicted molar refractivity (Wildman–Crippen MR) is 82.0 cm³/mol. The Kier molecular flexibility index (Phi) is 4.21. The number of benzene rings is 2. The van der Waals surface area contributed by atoms with Gasteiger partial charge in [-0.1, -0.05) is 29.3 Å². The molecule has 2 N–H and O–H groups in total. The molecule has 0 fully saturated rings. The molecule has 0 heterocycles. The van der Waals surface area contributed by atoms with Gasteiger partial charge in [-0.2, -0.15) is 0 Å². The van der Waals surface area contributed by atoms with Crippen LogP contribution in [0.25, 0.3) is 0 Å². The van der Waals surface area contributed by atoms with Gasteiger partial charge in [-0.25, -0.2) is 0 Å². The first kappa shape index (κ1) is 14.7. The molecule has 0 spiro atoms. The summed E-state index contributed by atoms with van der Waals surface area (Å²) in [6, 6.07) is 8.08. The van der Waals surface area contributed by atoms with Crippen LogP contribution >= 0.6 is 23.2 Å². The zero-order valence-electron chi connectivity index (χ0n) is 11.0. The first-order chi connectivity index (χ1) is 9.40. The van der Waals surface area contributed by atoms with Gasteiger partial charge in [0.05, 0.1) is 15.7 Å². The number of amides is 1.